The fraction of sp³-hybridized carbons (Fsp3) is 0.364. The number of carbonyl (C=O) groups is 4. The maximum Gasteiger partial charge on any atom is 0.339 e. The maximum absolute atomic E-state index is 13.8. The molecule has 11 nitrogen and oxygen atoms in total. The van der Waals surface area contributed by atoms with E-state index in [1.807, 2.05) is 100 Å². The molecule has 0 fully saturated rings. The smallest absolute Gasteiger partial charge is 0.339 e. The van der Waals surface area contributed by atoms with E-state index in [1.54, 1.807) is 88.4 Å². The molecule has 0 N–H and O–H groups in total. The van der Waals surface area contributed by atoms with Gasteiger partial charge in [0.2, 0.25) is 0 Å². The highest BCUT2D eigenvalue weighted by molar-refractivity contribution is 6.16. The molecular weight excluding hydrogens is 697 g/mol. The molecule has 0 unspecified atom stereocenters. The fourth-order valence-corrected chi connectivity index (χ4v) is 5.55. The lowest BCUT2D eigenvalue weighted by molar-refractivity contribution is -0.116. The van der Waals surface area contributed by atoms with Crippen molar-refractivity contribution in [2.45, 2.75) is 38.9 Å². The summed E-state index contributed by atoms with van der Waals surface area (Å²) in [7, 11) is 15.1. The van der Waals surface area contributed by atoms with Crippen LogP contribution in [0, 0.1) is 0 Å². The van der Waals surface area contributed by atoms with Crippen LogP contribution in [0.2, 0.25) is 0 Å². The quantitative estimate of drug-likeness (QED) is 0.0873. The molecule has 4 aromatic carbocycles. The van der Waals surface area contributed by atoms with Crippen LogP contribution in [0.5, 0.6) is 0 Å². The minimum Gasteiger partial charge on any atom is -0.459 e. The number of ether oxygens (including phenoxy) is 3. The van der Waals surface area contributed by atoms with E-state index in [1.165, 1.54) is 0 Å². The topological polar surface area (TPSA) is 109 Å². The molecule has 0 aliphatic rings. The summed E-state index contributed by atoms with van der Waals surface area (Å²) in [6, 6.07) is 24.5. The van der Waals surface area contributed by atoms with Crippen molar-refractivity contribution < 1.29 is 33.4 Å². The van der Waals surface area contributed by atoms with Crippen LogP contribution < -0.4 is 19.6 Å². The van der Waals surface area contributed by atoms with Gasteiger partial charge in [-0.2, -0.15) is 0 Å². The molecule has 0 saturated carbocycles. The van der Waals surface area contributed by atoms with E-state index in [0.717, 1.165) is 22.7 Å². The van der Waals surface area contributed by atoms with Gasteiger partial charge < -0.3 is 33.8 Å². The summed E-state index contributed by atoms with van der Waals surface area (Å²) < 4.78 is 17.9. The van der Waals surface area contributed by atoms with Crippen LogP contribution >= 0.6 is 0 Å². The lowest BCUT2D eigenvalue weighted by Crippen LogP contribution is -2.40. The predicted octanol–water partition coefficient (Wildman–Crippen LogP) is 7.00. The van der Waals surface area contributed by atoms with Crippen molar-refractivity contribution in [1.82, 2.24) is 0 Å². The SMILES string of the molecule is CN(C)c1ccc(C(=O)c2ccc(N(C)C)cc2C(=O)OCC(C)(C)OCC(C)(C)OC(=O)c2cc(N(C)C)ccc2C(=O)c2ccc(N(C)C)cc2)cc1. The Morgan fingerprint density at radius 1 is 0.455 bits per heavy atom. The Morgan fingerprint density at radius 3 is 1.20 bits per heavy atom. The zero-order chi connectivity index (χ0) is 40.8. The van der Waals surface area contributed by atoms with Crippen molar-refractivity contribution in [1.29, 1.82) is 0 Å². The van der Waals surface area contributed by atoms with Crippen LogP contribution in [0.3, 0.4) is 0 Å². The van der Waals surface area contributed by atoms with Crippen molar-refractivity contribution in [3.8, 4) is 0 Å². The molecule has 0 aliphatic heterocycles. The number of carbonyl (C=O) groups excluding carboxylic acids is 4. The molecule has 0 aromatic heterocycles. The van der Waals surface area contributed by atoms with Gasteiger partial charge in [0.15, 0.2) is 11.6 Å². The minimum atomic E-state index is -1.14. The van der Waals surface area contributed by atoms with Gasteiger partial charge in [-0.05, 0) is 113 Å². The highest BCUT2D eigenvalue weighted by Crippen LogP contribution is 2.27. The number of benzene rings is 4. The van der Waals surface area contributed by atoms with E-state index in [-0.39, 0.29) is 47.0 Å². The first-order chi connectivity index (χ1) is 25.7. The molecule has 0 aliphatic carbocycles. The zero-order valence-corrected chi connectivity index (χ0v) is 34.1. The van der Waals surface area contributed by atoms with Crippen LogP contribution in [-0.4, -0.2) is 104 Å². The molecular formula is C44H54N4O7. The lowest BCUT2D eigenvalue weighted by atomic mass is 9.97. The highest BCUT2D eigenvalue weighted by Gasteiger charge is 2.32. The monoisotopic (exact) mass is 750 g/mol. The van der Waals surface area contributed by atoms with Gasteiger partial charge in [0.1, 0.15) is 12.2 Å². The van der Waals surface area contributed by atoms with Gasteiger partial charge in [-0.1, -0.05) is 0 Å². The predicted molar refractivity (Wildman–Crippen MR) is 220 cm³/mol. The number of nitrogens with zero attached hydrogens (tertiary/aromatic N) is 4. The Balaban J connectivity index is 1.47. The first kappa shape index (κ1) is 42.1. The van der Waals surface area contributed by atoms with E-state index < -0.39 is 23.1 Å². The first-order valence-corrected chi connectivity index (χ1v) is 18.0. The number of hydrogen-bond acceptors (Lipinski definition) is 11. The van der Waals surface area contributed by atoms with Crippen LogP contribution in [0.15, 0.2) is 84.9 Å². The first-order valence-electron chi connectivity index (χ1n) is 18.0. The van der Waals surface area contributed by atoms with E-state index in [4.69, 9.17) is 14.2 Å². The largest absolute Gasteiger partial charge is 0.459 e. The minimum absolute atomic E-state index is 0.0469. The van der Waals surface area contributed by atoms with Gasteiger partial charge in [0.05, 0.1) is 23.3 Å². The van der Waals surface area contributed by atoms with E-state index in [0.29, 0.717) is 11.1 Å². The third-order valence-electron chi connectivity index (χ3n) is 8.99. The van der Waals surface area contributed by atoms with Crippen molar-refractivity contribution in [2.75, 3.05) is 89.2 Å². The van der Waals surface area contributed by atoms with Crippen LogP contribution in [0.1, 0.15) is 80.3 Å². The summed E-state index contributed by atoms with van der Waals surface area (Å²) in [4.78, 5) is 62.3. The van der Waals surface area contributed by atoms with Gasteiger partial charge in [0.25, 0.3) is 0 Å². The Morgan fingerprint density at radius 2 is 0.818 bits per heavy atom. The summed E-state index contributed by atoms with van der Waals surface area (Å²) >= 11 is 0. The van der Waals surface area contributed by atoms with Gasteiger partial charge in [-0.25, -0.2) is 9.59 Å². The molecule has 4 rings (SSSR count). The second-order valence-corrected chi connectivity index (χ2v) is 15.6. The van der Waals surface area contributed by atoms with Gasteiger partial charge in [-0.3, -0.25) is 9.59 Å². The number of ketones is 2. The Labute approximate surface area is 325 Å². The summed E-state index contributed by atoms with van der Waals surface area (Å²) in [5.74, 6) is -1.95. The second-order valence-electron chi connectivity index (χ2n) is 15.6. The fourth-order valence-electron chi connectivity index (χ4n) is 5.55. The number of anilines is 4. The molecule has 0 atom stereocenters. The Hall–Kier alpha value is -5.68. The summed E-state index contributed by atoms with van der Waals surface area (Å²) in [5.41, 5.74) is 2.81. The summed E-state index contributed by atoms with van der Waals surface area (Å²) in [6.07, 6.45) is 0. The molecule has 55 heavy (non-hydrogen) atoms. The zero-order valence-electron chi connectivity index (χ0n) is 34.1. The maximum atomic E-state index is 13.8. The van der Waals surface area contributed by atoms with Crippen molar-refractivity contribution in [3.05, 3.63) is 118 Å². The Kier molecular flexibility index (Phi) is 13.2. The average Bonchev–Trinajstić information content (AvgIpc) is 3.15. The van der Waals surface area contributed by atoms with Gasteiger partial charge in [0, 0.05) is 101 Å². The standard InChI is InChI=1S/C44H54N4O7/c1-43(2,27-53-41(51)37-25-33(47(9)10)21-23-35(37)39(49)29-13-17-31(18-14-29)45(5)6)54-28-44(3,4)55-42(52)38-26-34(48(11)12)22-24-36(38)40(50)30-15-19-32(20-16-30)46(7)8/h13-26H,27-28H2,1-12H3. The molecule has 0 radical (unpaired) electrons. The molecule has 0 saturated heterocycles. The van der Waals surface area contributed by atoms with Gasteiger partial charge >= 0.3 is 11.9 Å². The molecule has 4 aromatic rings. The molecule has 292 valence electrons. The van der Waals surface area contributed by atoms with Crippen LogP contribution in [0.25, 0.3) is 0 Å². The third-order valence-corrected chi connectivity index (χ3v) is 8.99. The van der Waals surface area contributed by atoms with Crippen LogP contribution in [0.4, 0.5) is 22.7 Å². The normalized spacial score (nSPS) is 11.4. The van der Waals surface area contributed by atoms with Gasteiger partial charge in [-0.15, -0.1) is 0 Å². The number of rotatable bonds is 16. The molecule has 11 heteroatoms. The van der Waals surface area contributed by atoms with Crippen LogP contribution in [-0.2, 0) is 14.2 Å². The van der Waals surface area contributed by atoms with Crippen molar-refractivity contribution in [3.63, 3.8) is 0 Å². The Bertz CT molecular complexity index is 2020. The highest BCUT2D eigenvalue weighted by atomic mass is 16.6. The van der Waals surface area contributed by atoms with E-state index >= 15 is 0 Å². The number of esters is 2. The lowest BCUT2D eigenvalue weighted by Gasteiger charge is -2.31. The second kappa shape index (κ2) is 17.2. The number of hydrogen-bond donors (Lipinski definition) is 0. The summed E-state index contributed by atoms with van der Waals surface area (Å²) in [5, 5.41) is 0. The summed E-state index contributed by atoms with van der Waals surface area (Å²) in [6.45, 7) is 6.73. The van der Waals surface area contributed by atoms with Crippen molar-refractivity contribution >= 4 is 46.3 Å². The van der Waals surface area contributed by atoms with E-state index in [2.05, 4.69) is 0 Å². The molecule has 0 heterocycles. The average molecular weight is 751 g/mol. The molecule has 0 amide bonds. The third kappa shape index (κ3) is 10.7. The van der Waals surface area contributed by atoms with E-state index in [9.17, 15) is 19.2 Å². The molecule has 0 bridgehead atoms. The molecule has 0 spiro atoms. The van der Waals surface area contributed by atoms with Crippen molar-refractivity contribution in [2.24, 2.45) is 0 Å².